The lowest BCUT2D eigenvalue weighted by Crippen LogP contribution is -2.44. The molecule has 1 fully saturated rings. The van der Waals surface area contributed by atoms with Gasteiger partial charge in [-0.1, -0.05) is 18.2 Å². The Kier molecular flexibility index (Phi) is 5.51. The van der Waals surface area contributed by atoms with Crippen LogP contribution in [0.15, 0.2) is 39.7 Å². The van der Waals surface area contributed by atoms with E-state index in [1.54, 1.807) is 6.92 Å². The lowest BCUT2D eigenvalue weighted by Gasteiger charge is -2.30. The Hall–Kier alpha value is -1.93. The molecule has 0 spiro atoms. The normalized spacial score (nSPS) is 17.5. The van der Waals surface area contributed by atoms with Crippen LogP contribution in [0.5, 0.6) is 0 Å². The number of nitrogens with zero attached hydrogens (tertiary/aromatic N) is 3. The van der Waals surface area contributed by atoms with Gasteiger partial charge in [0.1, 0.15) is 5.84 Å². The molecule has 1 N–H and O–H groups in total. The van der Waals surface area contributed by atoms with E-state index in [1.807, 2.05) is 35.2 Å². The summed E-state index contributed by atoms with van der Waals surface area (Å²) >= 11 is 0. The van der Waals surface area contributed by atoms with Gasteiger partial charge in [0, 0.05) is 18.8 Å². The van der Waals surface area contributed by atoms with E-state index in [0.717, 1.165) is 11.9 Å². The lowest BCUT2D eigenvalue weighted by molar-refractivity contribution is 0.0681. The van der Waals surface area contributed by atoms with Crippen LogP contribution in [0.4, 0.5) is 5.69 Å². The van der Waals surface area contributed by atoms with Gasteiger partial charge in [0.2, 0.25) is 5.96 Å². The Morgan fingerprint density at radius 1 is 1.23 bits per heavy atom. The van der Waals surface area contributed by atoms with Crippen LogP contribution in [0.3, 0.4) is 0 Å². The maximum atomic E-state index is 11.2. The highest BCUT2D eigenvalue weighted by molar-refractivity contribution is 7.89. The number of hydrogen-bond donors (Lipinski definition) is 1. The minimum atomic E-state index is -3.46. The maximum absolute atomic E-state index is 11.2. The molecule has 0 aromatic heterocycles. The van der Waals surface area contributed by atoms with Gasteiger partial charge in [-0.3, -0.25) is 0 Å². The van der Waals surface area contributed by atoms with Crippen LogP contribution in [-0.2, 0) is 14.8 Å². The van der Waals surface area contributed by atoms with E-state index in [4.69, 9.17) is 4.74 Å². The molecule has 1 saturated heterocycles. The van der Waals surface area contributed by atoms with Gasteiger partial charge in [0.05, 0.1) is 19.5 Å². The molecular weight excluding hydrogens is 304 g/mol. The van der Waals surface area contributed by atoms with Crippen molar-refractivity contribution in [3.05, 3.63) is 30.3 Å². The number of para-hydroxylation sites is 1. The van der Waals surface area contributed by atoms with Crippen molar-refractivity contribution >= 4 is 27.5 Å². The molecule has 1 heterocycles. The molecule has 1 aromatic rings. The standard InChI is InChI=1S/C14H20N4O3S/c1-12(17-22(2,19)20)15-14(18-8-10-21-11-9-18)16-13-6-4-3-5-7-13/h3-7H,8-11H2,1-2H3,(H,15,16,17). The predicted molar refractivity (Wildman–Crippen MR) is 87.8 cm³/mol. The van der Waals surface area contributed by atoms with Crippen molar-refractivity contribution in [2.24, 2.45) is 9.39 Å². The van der Waals surface area contributed by atoms with E-state index >= 15 is 0 Å². The second kappa shape index (κ2) is 7.37. The van der Waals surface area contributed by atoms with Gasteiger partial charge in [-0.15, -0.1) is 4.40 Å². The first-order valence-corrected chi connectivity index (χ1v) is 8.79. The third-order valence-corrected chi connectivity index (χ3v) is 3.50. The number of ether oxygens (including phenoxy) is 1. The summed E-state index contributed by atoms with van der Waals surface area (Å²) in [5, 5.41) is 3.21. The number of hydrogen-bond acceptors (Lipinski definition) is 3. The summed E-state index contributed by atoms with van der Waals surface area (Å²) in [6, 6.07) is 9.58. The fourth-order valence-electron chi connectivity index (χ4n) is 2.02. The van der Waals surface area contributed by atoms with Gasteiger partial charge < -0.3 is 15.0 Å². The molecule has 0 unspecified atom stereocenters. The Labute approximate surface area is 130 Å². The zero-order valence-corrected chi connectivity index (χ0v) is 13.5. The number of nitrogens with one attached hydrogen (secondary N) is 1. The molecule has 0 amide bonds. The van der Waals surface area contributed by atoms with E-state index in [9.17, 15) is 8.42 Å². The van der Waals surface area contributed by atoms with Gasteiger partial charge in [0.15, 0.2) is 0 Å². The summed E-state index contributed by atoms with van der Waals surface area (Å²) in [4.78, 5) is 6.34. The summed E-state index contributed by atoms with van der Waals surface area (Å²) in [6.07, 6.45) is 1.05. The molecule has 0 atom stereocenters. The Morgan fingerprint density at radius 2 is 1.86 bits per heavy atom. The van der Waals surface area contributed by atoms with Crippen LogP contribution >= 0.6 is 0 Å². The second-order valence-electron chi connectivity index (χ2n) is 4.90. The highest BCUT2D eigenvalue weighted by Gasteiger charge is 2.16. The van der Waals surface area contributed by atoms with Crippen LogP contribution in [0.2, 0.25) is 0 Å². The Bertz CT molecular complexity index is 650. The Morgan fingerprint density at radius 3 is 2.45 bits per heavy atom. The third-order valence-electron chi connectivity index (χ3n) is 2.91. The highest BCUT2D eigenvalue weighted by atomic mass is 32.2. The molecule has 0 bridgehead atoms. The Balaban J connectivity index is 2.26. The van der Waals surface area contributed by atoms with Crippen LogP contribution in [-0.4, -0.2) is 57.7 Å². The van der Waals surface area contributed by atoms with Gasteiger partial charge >= 0.3 is 0 Å². The van der Waals surface area contributed by atoms with Gasteiger partial charge in [-0.05, 0) is 19.1 Å². The SMILES string of the molecule is C/C(N=C(Nc1ccccc1)N1CCOCC1)=N\S(C)(=O)=O. The molecule has 22 heavy (non-hydrogen) atoms. The summed E-state index contributed by atoms with van der Waals surface area (Å²) in [5.41, 5.74) is 0.875. The summed E-state index contributed by atoms with van der Waals surface area (Å²) in [5.74, 6) is 0.756. The van der Waals surface area contributed by atoms with Crippen LogP contribution in [0, 0.1) is 0 Å². The van der Waals surface area contributed by atoms with Crippen molar-refractivity contribution in [1.29, 1.82) is 0 Å². The van der Waals surface area contributed by atoms with Gasteiger partial charge in [-0.25, -0.2) is 8.42 Å². The van der Waals surface area contributed by atoms with Crippen LogP contribution < -0.4 is 5.32 Å². The maximum Gasteiger partial charge on any atom is 0.251 e. The molecular formula is C14H20N4O3S. The predicted octanol–water partition coefficient (Wildman–Crippen LogP) is 1.16. The summed E-state index contributed by atoms with van der Waals surface area (Å²) < 4.78 is 31.4. The highest BCUT2D eigenvalue weighted by Crippen LogP contribution is 2.08. The fourth-order valence-corrected chi connectivity index (χ4v) is 2.54. The van der Waals surface area contributed by atoms with Crippen molar-refractivity contribution in [1.82, 2.24) is 4.90 Å². The minimum Gasteiger partial charge on any atom is -0.378 e. The smallest absolute Gasteiger partial charge is 0.251 e. The van der Waals surface area contributed by atoms with E-state index in [2.05, 4.69) is 14.7 Å². The number of rotatable bonds is 2. The first-order valence-electron chi connectivity index (χ1n) is 6.94. The average molecular weight is 324 g/mol. The topological polar surface area (TPSA) is 83.4 Å². The van der Waals surface area contributed by atoms with E-state index in [1.165, 1.54) is 0 Å². The zero-order valence-electron chi connectivity index (χ0n) is 12.7. The molecule has 0 saturated carbocycles. The first-order chi connectivity index (χ1) is 10.4. The largest absolute Gasteiger partial charge is 0.378 e. The van der Waals surface area contributed by atoms with Crippen molar-refractivity contribution in [2.45, 2.75) is 6.92 Å². The molecule has 120 valence electrons. The van der Waals surface area contributed by atoms with Crippen LogP contribution in [0.25, 0.3) is 0 Å². The molecule has 8 heteroatoms. The van der Waals surface area contributed by atoms with Crippen molar-refractivity contribution < 1.29 is 13.2 Å². The first kappa shape index (κ1) is 16.4. The molecule has 0 radical (unpaired) electrons. The third kappa shape index (κ3) is 5.45. The molecule has 0 aliphatic carbocycles. The number of amidine groups is 1. The van der Waals surface area contributed by atoms with Crippen molar-refractivity contribution in [2.75, 3.05) is 37.9 Å². The number of sulfonamides is 1. The monoisotopic (exact) mass is 324 g/mol. The van der Waals surface area contributed by atoms with E-state index in [0.29, 0.717) is 32.3 Å². The second-order valence-corrected chi connectivity index (χ2v) is 6.55. The quantitative estimate of drug-likeness (QED) is 0.652. The number of anilines is 1. The average Bonchev–Trinajstić information content (AvgIpc) is 2.47. The van der Waals surface area contributed by atoms with Gasteiger partial charge in [0.25, 0.3) is 10.0 Å². The number of morpholine rings is 1. The van der Waals surface area contributed by atoms with Gasteiger partial charge in [-0.2, -0.15) is 4.99 Å². The van der Waals surface area contributed by atoms with Crippen LogP contribution in [0.1, 0.15) is 6.92 Å². The zero-order chi connectivity index (χ0) is 16.0. The molecule has 1 aliphatic heterocycles. The molecule has 7 nitrogen and oxygen atoms in total. The summed E-state index contributed by atoms with van der Waals surface area (Å²) in [6.45, 7) is 4.15. The van der Waals surface area contributed by atoms with E-state index < -0.39 is 10.0 Å². The lowest BCUT2D eigenvalue weighted by atomic mass is 10.3. The number of guanidine groups is 1. The molecule has 1 aliphatic rings. The molecule has 2 rings (SSSR count). The van der Waals surface area contributed by atoms with Crippen molar-refractivity contribution in [3.8, 4) is 0 Å². The fraction of sp³-hybridized carbons (Fsp3) is 0.429. The van der Waals surface area contributed by atoms with E-state index in [-0.39, 0.29) is 5.84 Å². The number of aliphatic imine (C=N–C) groups is 1. The summed E-state index contributed by atoms with van der Waals surface area (Å²) in [7, 11) is -3.46. The number of benzene rings is 1. The van der Waals surface area contributed by atoms with Crippen molar-refractivity contribution in [3.63, 3.8) is 0 Å². The molecule has 1 aromatic carbocycles. The minimum absolute atomic E-state index is 0.187.